The average molecular weight is 423 g/mol. The maximum atomic E-state index is 13.4. The summed E-state index contributed by atoms with van der Waals surface area (Å²) < 4.78 is 13.4. The highest BCUT2D eigenvalue weighted by molar-refractivity contribution is 6.12. The Bertz CT molecular complexity index is 974. The summed E-state index contributed by atoms with van der Waals surface area (Å²) in [6.45, 7) is 7.72. The Morgan fingerprint density at radius 1 is 1.26 bits per heavy atom. The minimum atomic E-state index is -0.495. The second kappa shape index (κ2) is 9.60. The summed E-state index contributed by atoms with van der Waals surface area (Å²) in [5.41, 5.74) is 4.32. The van der Waals surface area contributed by atoms with E-state index in [1.54, 1.807) is 12.3 Å². The van der Waals surface area contributed by atoms with E-state index in [1.165, 1.54) is 37.9 Å². The number of aliphatic imine (C=N–C) groups is 1. The van der Waals surface area contributed by atoms with Gasteiger partial charge >= 0.3 is 0 Å². The van der Waals surface area contributed by atoms with Crippen LogP contribution in [0.4, 0.5) is 21.5 Å². The number of rotatable bonds is 7. The first kappa shape index (κ1) is 21.5. The fourth-order valence-corrected chi connectivity index (χ4v) is 4.49. The van der Waals surface area contributed by atoms with Crippen molar-refractivity contribution in [3.63, 3.8) is 0 Å². The van der Waals surface area contributed by atoms with Crippen LogP contribution >= 0.6 is 0 Å². The van der Waals surface area contributed by atoms with Gasteiger partial charge in [-0.1, -0.05) is 12.5 Å². The fraction of sp³-hybridized carbons (Fsp3) is 0.440. The molecule has 164 valence electrons. The van der Waals surface area contributed by atoms with E-state index in [2.05, 4.69) is 34.4 Å². The molecule has 0 aliphatic carbocycles. The molecule has 2 heterocycles. The Kier molecular flexibility index (Phi) is 6.66. The van der Waals surface area contributed by atoms with Crippen LogP contribution in [-0.2, 0) is 4.79 Å². The van der Waals surface area contributed by atoms with E-state index in [1.807, 2.05) is 18.2 Å². The maximum Gasteiger partial charge on any atom is 0.237 e. The zero-order valence-corrected chi connectivity index (χ0v) is 18.3. The molecule has 31 heavy (non-hydrogen) atoms. The van der Waals surface area contributed by atoms with Crippen LogP contribution in [0.5, 0.6) is 0 Å². The third kappa shape index (κ3) is 5.13. The highest BCUT2D eigenvalue weighted by Gasteiger charge is 2.29. The van der Waals surface area contributed by atoms with Gasteiger partial charge < -0.3 is 15.5 Å². The molecular formula is C25H31FN4O. The molecule has 0 radical (unpaired) electrons. The van der Waals surface area contributed by atoms with E-state index in [4.69, 9.17) is 0 Å². The molecular weight excluding hydrogens is 391 g/mol. The Morgan fingerprint density at radius 2 is 2.13 bits per heavy atom. The van der Waals surface area contributed by atoms with E-state index in [0.717, 1.165) is 42.0 Å². The van der Waals surface area contributed by atoms with Gasteiger partial charge in [-0.25, -0.2) is 4.39 Å². The van der Waals surface area contributed by atoms with Gasteiger partial charge in [0.1, 0.15) is 11.7 Å². The Morgan fingerprint density at radius 3 is 2.94 bits per heavy atom. The second-order valence-electron chi connectivity index (χ2n) is 8.64. The fourth-order valence-electron chi connectivity index (χ4n) is 4.49. The van der Waals surface area contributed by atoms with Crippen molar-refractivity contribution in [3.8, 4) is 0 Å². The molecule has 0 aromatic heterocycles. The van der Waals surface area contributed by atoms with E-state index in [9.17, 15) is 9.18 Å². The first-order valence-corrected chi connectivity index (χ1v) is 11.2. The summed E-state index contributed by atoms with van der Waals surface area (Å²) in [6.07, 6.45) is 6.77. The molecule has 1 fully saturated rings. The standard InChI is InChI=1S/C25H31FN4O/c1-17-14-20(28-16-22-21-9-7-19(26)15-24(21)29-25(22)31)8-10-23(17)27-11-5-13-30-12-4-3-6-18(30)2/h7-10,14-16,18,22,27H,3-6,11-13H2,1-2H3,(H,29,31). The van der Waals surface area contributed by atoms with Gasteiger partial charge in [-0.3, -0.25) is 9.79 Å². The Hall–Kier alpha value is -2.73. The lowest BCUT2D eigenvalue weighted by Gasteiger charge is -2.33. The van der Waals surface area contributed by atoms with E-state index in [-0.39, 0.29) is 11.7 Å². The van der Waals surface area contributed by atoms with Crippen molar-refractivity contribution >= 4 is 29.2 Å². The number of amides is 1. The number of halogens is 1. The zero-order valence-electron chi connectivity index (χ0n) is 18.3. The lowest BCUT2D eigenvalue weighted by molar-refractivity contribution is -0.115. The van der Waals surface area contributed by atoms with E-state index in [0.29, 0.717) is 11.7 Å². The van der Waals surface area contributed by atoms with Gasteiger partial charge in [0.05, 0.1) is 5.69 Å². The molecule has 2 aliphatic heterocycles. The summed E-state index contributed by atoms with van der Waals surface area (Å²) in [6, 6.07) is 11.1. The highest BCUT2D eigenvalue weighted by Crippen LogP contribution is 2.32. The molecule has 4 rings (SSSR count). The third-order valence-corrected chi connectivity index (χ3v) is 6.35. The topological polar surface area (TPSA) is 56.7 Å². The number of benzene rings is 2. The number of fused-ring (bicyclic) bond motifs is 1. The van der Waals surface area contributed by atoms with Crippen LogP contribution in [0.15, 0.2) is 41.4 Å². The van der Waals surface area contributed by atoms with Gasteiger partial charge in [0.2, 0.25) is 5.91 Å². The largest absolute Gasteiger partial charge is 0.385 e. The minimum absolute atomic E-state index is 0.178. The first-order chi connectivity index (χ1) is 15.0. The quantitative estimate of drug-likeness (QED) is 0.473. The highest BCUT2D eigenvalue weighted by atomic mass is 19.1. The molecule has 2 aromatic rings. The van der Waals surface area contributed by atoms with Crippen molar-refractivity contribution < 1.29 is 9.18 Å². The number of nitrogens with zero attached hydrogens (tertiary/aromatic N) is 2. The SMILES string of the molecule is Cc1cc(N=CC2C(=O)Nc3cc(F)ccc32)ccc1NCCCN1CCCCC1C. The van der Waals surface area contributed by atoms with Gasteiger partial charge in [-0.05, 0) is 81.1 Å². The van der Waals surface area contributed by atoms with Crippen LogP contribution in [0, 0.1) is 12.7 Å². The van der Waals surface area contributed by atoms with Crippen LogP contribution in [0.2, 0.25) is 0 Å². The number of piperidine rings is 1. The Labute approximate surface area is 183 Å². The molecule has 2 N–H and O–H groups in total. The number of likely N-dealkylation sites (tertiary alicyclic amines) is 1. The predicted molar refractivity (Wildman–Crippen MR) is 125 cm³/mol. The number of anilines is 2. The van der Waals surface area contributed by atoms with Gasteiger partial charge in [0.15, 0.2) is 0 Å². The molecule has 2 atom stereocenters. The van der Waals surface area contributed by atoms with Crippen LogP contribution in [0.3, 0.4) is 0 Å². The number of carbonyl (C=O) groups is 1. The molecule has 2 aromatic carbocycles. The van der Waals surface area contributed by atoms with Crippen molar-refractivity contribution in [1.29, 1.82) is 0 Å². The summed E-state index contributed by atoms with van der Waals surface area (Å²) in [7, 11) is 0. The normalized spacial score (nSPS) is 21.3. The molecule has 0 saturated carbocycles. The first-order valence-electron chi connectivity index (χ1n) is 11.2. The number of hydrogen-bond donors (Lipinski definition) is 2. The molecule has 6 heteroatoms. The number of hydrogen-bond acceptors (Lipinski definition) is 4. The van der Waals surface area contributed by atoms with Crippen LogP contribution in [0.25, 0.3) is 0 Å². The van der Waals surface area contributed by atoms with Crippen LogP contribution < -0.4 is 10.6 Å². The van der Waals surface area contributed by atoms with E-state index >= 15 is 0 Å². The summed E-state index contributed by atoms with van der Waals surface area (Å²) >= 11 is 0. The van der Waals surface area contributed by atoms with Crippen LogP contribution in [-0.4, -0.2) is 42.7 Å². The van der Waals surface area contributed by atoms with Crippen LogP contribution in [0.1, 0.15) is 49.7 Å². The van der Waals surface area contributed by atoms with Gasteiger partial charge in [-0.15, -0.1) is 0 Å². The molecule has 2 aliphatic rings. The summed E-state index contributed by atoms with van der Waals surface area (Å²) in [5, 5.41) is 6.26. The Balaban J connectivity index is 1.32. The molecule has 1 amide bonds. The zero-order chi connectivity index (χ0) is 21.8. The van der Waals surface area contributed by atoms with Gasteiger partial charge in [-0.2, -0.15) is 0 Å². The van der Waals surface area contributed by atoms with Crippen molar-refractivity contribution in [3.05, 3.63) is 53.3 Å². The molecule has 0 spiro atoms. The number of carbonyl (C=O) groups excluding carboxylic acids is 1. The molecule has 5 nitrogen and oxygen atoms in total. The van der Waals surface area contributed by atoms with Crippen molar-refractivity contribution in [2.45, 2.75) is 51.5 Å². The smallest absolute Gasteiger partial charge is 0.237 e. The second-order valence-corrected chi connectivity index (χ2v) is 8.64. The van der Waals surface area contributed by atoms with Gasteiger partial charge in [0, 0.05) is 36.7 Å². The average Bonchev–Trinajstić information content (AvgIpc) is 3.06. The third-order valence-electron chi connectivity index (χ3n) is 6.35. The summed E-state index contributed by atoms with van der Waals surface area (Å²) in [4.78, 5) is 19.3. The molecule has 0 bridgehead atoms. The lowest BCUT2D eigenvalue weighted by Crippen LogP contribution is -2.38. The summed E-state index contributed by atoms with van der Waals surface area (Å²) in [5.74, 6) is -1.03. The van der Waals surface area contributed by atoms with E-state index < -0.39 is 5.92 Å². The number of nitrogens with one attached hydrogen (secondary N) is 2. The van der Waals surface area contributed by atoms with Crippen molar-refractivity contribution in [1.82, 2.24) is 4.90 Å². The predicted octanol–water partition coefficient (Wildman–Crippen LogP) is 5.25. The van der Waals surface area contributed by atoms with Crippen molar-refractivity contribution in [2.24, 2.45) is 4.99 Å². The maximum absolute atomic E-state index is 13.4. The lowest BCUT2D eigenvalue weighted by atomic mass is 10.0. The van der Waals surface area contributed by atoms with Gasteiger partial charge in [0.25, 0.3) is 0 Å². The minimum Gasteiger partial charge on any atom is -0.385 e. The number of aryl methyl sites for hydroxylation is 1. The molecule has 1 saturated heterocycles. The molecule has 2 unspecified atom stereocenters. The van der Waals surface area contributed by atoms with Crippen molar-refractivity contribution in [2.75, 3.05) is 30.3 Å². The monoisotopic (exact) mass is 422 g/mol.